The van der Waals surface area contributed by atoms with E-state index in [0.717, 1.165) is 6.42 Å². The number of carbonyl (C=O) groups excluding carboxylic acids is 2. The fourth-order valence-corrected chi connectivity index (χ4v) is 1.89. The summed E-state index contributed by atoms with van der Waals surface area (Å²) in [6.07, 6.45) is 2.08. The third-order valence-electron chi connectivity index (χ3n) is 3.44. The quantitative estimate of drug-likeness (QED) is 0.507. The second-order valence-electron chi connectivity index (χ2n) is 5.17. The average Bonchev–Trinajstić information content (AvgIpc) is 2.32. The summed E-state index contributed by atoms with van der Waals surface area (Å²) in [6.45, 7) is 0.734. The van der Waals surface area contributed by atoms with E-state index in [1.54, 1.807) is 14.1 Å². The molecule has 0 radical (unpaired) electrons. The minimum atomic E-state index is -0.859. The number of carbonyl (C=O) groups is 3. The molecule has 20 heavy (non-hydrogen) atoms. The number of carboxylic acid groups (broad SMARTS) is 1. The summed E-state index contributed by atoms with van der Waals surface area (Å²) in [5.41, 5.74) is -0.795. The van der Waals surface area contributed by atoms with E-state index in [4.69, 9.17) is 5.11 Å². The maximum atomic E-state index is 11.5. The maximum absolute atomic E-state index is 11.5. The van der Waals surface area contributed by atoms with E-state index < -0.39 is 17.4 Å². The molecule has 8 nitrogen and oxygen atoms in total. The first kappa shape index (κ1) is 16.1. The first-order valence-corrected chi connectivity index (χ1v) is 6.58. The number of carboxylic acids is 1. The van der Waals surface area contributed by atoms with Gasteiger partial charge in [0, 0.05) is 33.7 Å². The lowest BCUT2D eigenvalue weighted by Crippen LogP contribution is -2.50. The molecule has 0 aromatic rings. The van der Waals surface area contributed by atoms with Gasteiger partial charge >= 0.3 is 18.0 Å². The van der Waals surface area contributed by atoms with Gasteiger partial charge in [-0.2, -0.15) is 0 Å². The number of rotatable bonds is 6. The summed E-state index contributed by atoms with van der Waals surface area (Å²) in [5, 5.41) is 16.8. The van der Waals surface area contributed by atoms with Crippen LogP contribution in [0.5, 0.6) is 0 Å². The zero-order chi connectivity index (χ0) is 15.2. The van der Waals surface area contributed by atoms with Crippen LogP contribution in [0.1, 0.15) is 19.3 Å². The zero-order valence-electron chi connectivity index (χ0n) is 11.9. The predicted molar refractivity (Wildman–Crippen MR) is 72.4 cm³/mol. The van der Waals surface area contributed by atoms with Crippen molar-refractivity contribution in [1.29, 1.82) is 0 Å². The number of aliphatic carboxylic acids is 1. The van der Waals surface area contributed by atoms with Gasteiger partial charge in [0.2, 0.25) is 0 Å². The van der Waals surface area contributed by atoms with Crippen molar-refractivity contribution >= 4 is 18.0 Å². The molecule has 0 atom stereocenters. The molecule has 4 N–H and O–H groups in total. The largest absolute Gasteiger partial charge is 0.481 e. The van der Waals surface area contributed by atoms with E-state index in [-0.39, 0.29) is 19.1 Å². The Morgan fingerprint density at radius 3 is 2.15 bits per heavy atom. The molecule has 0 unspecified atom stereocenters. The zero-order valence-corrected chi connectivity index (χ0v) is 11.9. The van der Waals surface area contributed by atoms with Crippen molar-refractivity contribution < 1.29 is 19.5 Å². The Labute approximate surface area is 117 Å². The predicted octanol–water partition coefficient (Wildman–Crippen LogP) is -0.188. The van der Waals surface area contributed by atoms with E-state index in [0.29, 0.717) is 19.4 Å². The number of amides is 4. The van der Waals surface area contributed by atoms with Gasteiger partial charge in [-0.05, 0) is 12.8 Å². The number of nitrogens with one attached hydrogen (secondary N) is 3. The van der Waals surface area contributed by atoms with Crippen molar-refractivity contribution in [1.82, 2.24) is 20.9 Å². The molecule has 8 heteroatoms. The average molecular weight is 286 g/mol. The van der Waals surface area contributed by atoms with Crippen LogP contribution >= 0.6 is 0 Å². The van der Waals surface area contributed by atoms with Crippen LogP contribution in [-0.4, -0.2) is 61.8 Å². The van der Waals surface area contributed by atoms with Crippen LogP contribution in [0.25, 0.3) is 0 Å². The highest BCUT2D eigenvalue weighted by Gasteiger charge is 2.44. The standard InChI is InChI=1S/C12H22N4O4/c1-16(2)11(20)14-7-6-13-10(19)15-8-12(9(17)18)4-3-5-12/h3-8H2,1-2H3,(H,14,20)(H,17,18)(H2,13,15,19). The molecule has 1 rings (SSSR count). The molecule has 1 aliphatic carbocycles. The van der Waals surface area contributed by atoms with Gasteiger partial charge in [-0.25, -0.2) is 9.59 Å². The van der Waals surface area contributed by atoms with Crippen molar-refractivity contribution in [2.45, 2.75) is 19.3 Å². The first-order chi connectivity index (χ1) is 9.37. The molecule has 0 aromatic carbocycles. The highest BCUT2D eigenvalue weighted by Crippen LogP contribution is 2.40. The van der Waals surface area contributed by atoms with Crippen LogP contribution in [0, 0.1) is 5.41 Å². The molecule has 4 amide bonds. The lowest BCUT2D eigenvalue weighted by Gasteiger charge is -2.37. The van der Waals surface area contributed by atoms with Crippen molar-refractivity contribution in [3.8, 4) is 0 Å². The van der Waals surface area contributed by atoms with Crippen molar-refractivity contribution in [3.05, 3.63) is 0 Å². The summed E-state index contributed by atoms with van der Waals surface area (Å²) >= 11 is 0. The summed E-state index contributed by atoms with van der Waals surface area (Å²) in [4.78, 5) is 35.2. The van der Waals surface area contributed by atoms with Gasteiger partial charge in [0.15, 0.2) is 0 Å². The Hall–Kier alpha value is -1.99. The van der Waals surface area contributed by atoms with Gasteiger partial charge in [-0.1, -0.05) is 6.42 Å². The Morgan fingerprint density at radius 2 is 1.70 bits per heavy atom. The molecular weight excluding hydrogens is 264 g/mol. The van der Waals surface area contributed by atoms with Crippen LogP contribution < -0.4 is 16.0 Å². The number of hydrogen-bond donors (Lipinski definition) is 4. The highest BCUT2D eigenvalue weighted by atomic mass is 16.4. The Kier molecular flexibility index (Phi) is 5.60. The highest BCUT2D eigenvalue weighted by molar-refractivity contribution is 5.79. The minimum Gasteiger partial charge on any atom is -0.481 e. The van der Waals surface area contributed by atoms with E-state index >= 15 is 0 Å². The maximum Gasteiger partial charge on any atom is 0.316 e. The normalized spacial score (nSPS) is 15.7. The third kappa shape index (κ3) is 4.29. The van der Waals surface area contributed by atoms with Gasteiger partial charge in [0.05, 0.1) is 5.41 Å². The molecule has 1 saturated carbocycles. The Morgan fingerprint density at radius 1 is 1.10 bits per heavy atom. The van der Waals surface area contributed by atoms with Gasteiger partial charge in [-0.3, -0.25) is 4.79 Å². The minimum absolute atomic E-state index is 0.137. The number of urea groups is 2. The van der Waals surface area contributed by atoms with Gasteiger partial charge in [0.25, 0.3) is 0 Å². The fourth-order valence-electron chi connectivity index (χ4n) is 1.89. The topological polar surface area (TPSA) is 111 Å². The smallest absolute Gasteiger partial charge is 0.316 e. The van der Waals surface area contributed by atoms with Crippen LogP contribution in [0.4, 0.5) is 9.59 Å². The molecule has 0 saturated heterocycles. The molecule has 0 bridgehead atoms. The SMILES string of the molecule is CN(C)C(=O)NCCNC(=O)NCC1(C(=O)O)CCC1. The molecular formula is C12H22N4O4. The molecule has 0 aromatic heterocycles. The lowest BCUT2D eigenvalue weighted by molar-refractivity contribution is -0.153. The summed E-state index contributed by atoms with van der Waals surface area (Å²) < 4.78 is 0. The Bertz CT molecular complexity index is 380. The van der Waals surface area contributed by atoms with Crippen molar-refractivity contribution in [2.24, 2.45) is 5.41 Å². The van der Waals surface area contributed by atoms with E-state index in [1.165, 1.54) is 4.90 Å². The molecule has 1 aliphatic rings. The lowest BCUT2D eigenvalue weighted by atomic mass is 9.69. The van der Waals surface area contributed by atoms with E-state index in [1.807, 2.05) is 0 Å². The monoisotopic (exact) mass is 286 g/mol. The van der Waals surface area contributed by atoms with Gasteiger partial charge < -0.3 is 26.0 Å². The molecule has 0 heterocycles. The molecule has 1 fully saturated rings. The second kappa shape index (κ2) is 6.97. The van der Waals surface area contributed by atoms with E-state index in [9.17, 15) is 14.4 Å². The van der Waals surface area contributed by atoms with Crippen LogP contribution in [0.3, 0.4) is 0 Å². The van der Waals surface area contributed by atoms with Crippen molar-refractivity contribution in [3.63, 3.8) is 0 Å². The first-order valence-electron chi connectivity index (χ1n) is 6.58. The number of hydrogen-bond acceptors (Lipinski definition) is 3. The molecule has 0 aliphatic heterocycles. The molecule has 0 spiro atoms. The van der Waals surface area contributed by atoms with E-state index in [2.05, 4.69) is 16.0 Å². The van der Waals surface area contributed by atoms with Crippen molar-refractivity contribution in [2.75, 3.05) is 33.7 Å². The number of nitrogens with zero attached hydrogens (tertiary/aromatic N) is 1. The molecule has 114 valence electrons. The van der Waals surface area contributed by atoms with Crippen LogP contribution in [0.2, 0.25) is 0 Å². The summed E-state index contributed by atoms with van der Waals surface area (Å²) in [7, 11) is 3.25. The third-order valence-corrected chi connectivity index (χ3v) is 3.44. The van der Waals surface area contributed by atoms with Crippen LogP contribution in [-0.2, 0) is 4.79 Å². The fraction of sp³-hybridized carbons (Fsp3) is 0.750. The second-order valence-corrected chi connectivity index (χ2v) is 5.17. The summed E-state index contributed by atoms with van der Waals surface area (Å²) in [5.74, 6) is -0.859. The van der Waals surface area contributed by atoms with Gasteiger partial charge in [-0.15, -0.1) is 0 Å². The van der Waals surface area contributed by atoms with Crippen LogP contribution in [0.15, 0.2) is 0 Å². The summed E-state index contributed by atoms with van der Waals surface area (Å²) in [6, 6.07) is -0.650. The van der Waals surface area contributed by atoms with Gasteiger partial charge in [0.1, 0.15) is 0 Å². The Balaban J connectivity index is 2.15.